The molecular weight excluding hydrogens is 224 g/mol. The summed E-state index contributed by atoms with van der Waals surface area (Å²) in [5.41, 5.74) is 0. The largest absolute Gasteiger partial charge is 0.356 e. The lowest BCUT2D eigenvalue weighted by molar-refractivity contribution is -0.129. The Bertz CT molecular complexity index is 312. The summed E-state index contributed by atoms with van der Waals surface area (Å²) in [7, 11) is 0. The third-order valence-electron chi connectivity index (χ3n) is 1.94. The van der Waals surface area contributed by atoms with Crippen LogP contribution in [0, 0.1) is 0 Å². The van der Waals surface area contributed by atoms with E-state index < -0.39 is 5.79 Å². The zero-order valence-electron chi connectivity index (χ0n) is 7.75. The maximum atomic E-state index is 5.74. The molecule has 1 N–H and O–H groups in total. The molecule has 2 heterocycles. The van der Waals surface area contributed by atoms with Crippen molar-refractivity contribution in [2.45, 2.75) is 12.7 Å². The number of nitrogens with zero attached hydrogens (tertiary/aromatic N) is 1. The lowest BCUT2D eigenvalue weighted by atomic mass is 10.3. The van der Waals surface area contributed by atoms with E-state index >= 15 is 0 Å². The number of halogens is 1. The highest BCUT2D eigenvalue weighted by molar-refractivity contribution is 7.19. The van der Waals surface area contributed by atoms with Gasteiger partial charge in [0.05, 0.1) is 26.0 Å². The summed E-state index contributed by atoms with van der Waals surface area (Å²) < 4.78 is 11.5. The first-order valence-electron chi connectivity index (χ1n) is 4.31. The fourth-order valence-corrected chi connectivity index (χ4v) is 2.04. The highest BCUT2D eigenvalue weighted by atomic mass is 35.5. The molecule has 1 aliphatic heterocycles. The Balaban J connectivity index is 1.87. The van der Waals surface area contributed by atoms with Gasteiger partial charge in [0, 0.05) is 0 Å². The molecule has 0 atom stereocenters. The highest BCUT2D eigenvalue weighted by Gasteiger charge is 2.30. The lowest BCUT2D eigenvalue weighted by Gasteiger charge is -2.22. The Morgan fingerprint density at radius 2 is 2.36 bits per heavy atom. The second kappa shape index (κ2) is 4.02. The summed E-state index contributed by atoms with van der Waals surface area (Å²) in [5, 5.41) is 3.91. The normalized spacial score (nSPS) is 19.9. The van der Waals surface area contributed by atoms with Crippen molar-refractivity contribution in [3.05, 3.63) is 10.5 Å². The molecule has 0 spiro atoms. The Hall–Kier alpha value is -0.360. The molecule has 2 rings (SSSR count). The first-order chi connectivity index (χ1) is 6.68. The van der Waals surface area contributed by atoms with E-state index in [1.807, 2.05) is 6.92 Å². The summed E-state index contributed by atoms with van der Waals surface area (Å²) in [6, 6.07) is 0. The summed E-state index contributed by atoms with van der Waals surface area (Å²) in [4.78, 5) is 4.07. The van der Waals surface area contributed by atoms with Crippen LogP contribution in [0.2, 0.25) is 4.34 Å². The first-order valence-corrected chi connectivity index (χ1v) is 5.50. The Morgan fingerprint density at radius 3 is 2.93 bits per heavy atom. The van der Waals surface area contributed by atoms with Crippen molar-refractivity contribution in [3.8, 4) is 0 Å². The zero-order valence-corrected chi connectivity index (χ0v) is 9.32. The molecule has 78 valence electrons. The first kappa shape index (κ1) is 10.2. The van der Waals surface area contributed by atoms with Gasteiger partial charge in [-0.15, -0.1) is 0 Å². The van der Waals surface area contributed by atoms with E-state index in [-0.39, 0.29) is 0 Å². The monoisotopic (exact) mass is 234 g/mol. The van der Waals surface area contributed by atoms with E-state index in [2.05, 4.69) is 10.3 Å². The number of hydrogen-bond donors (Lipinski definition) is 1. The second-order valence-electron chi connectivity index (χ2n) is 3.15. The smallest absolute Gasteiger partial charge is 0.184 e. The van der Waals surface area contributed by atoms with Crippen LogP contribution < -0.4 is 5.32 Å². The predicted octanol–water partition coefficient (Wildman–Crippen LogP) is 1.97. The SMILES string of the molecule is CC1(CNc2ncc(Cl)s2)OCCO1. The molecule has 1 aromatic heterocycles. The summed E-state index contributed by atoms with van der Waals surface area (Å²) in [6.07, 6.45) is 1.62. The fourth-order valence-electron chi connectivity index (χ4n) is 1.23. The van der Waals surface area contributed by atoms with E-state index in [0.717, 1.165) is 5.13 Å². The maximum Gasteiger partial charge on any atom is 0.184 e. The molecule has 0 aromatic carbocycles. The van der Waals surface area contributed by atoms with E-state index in [1.54, 1.807) is 6.20 Å². The summed E-state index contributed by atoms with van der Waals surface area (Å²) in [6.45, 7) is 3.78. The van der Waals surface area contributed by atoms with Crippen molar-refractivity contribution in [3.63, 3.8) is 0 Å². The maximum absolute atomic E-state index is 5.74. The molecule has 1 fully saturated rings. The van der Waals surface area contributed by atoms with Crippen molar-refractivity contribution in [1.82, 2.24) is 4.98 Å². The standard InChI is InChI=1S/C8H11ClN2O2S/c1-8(12-2-3-13-8)5-11-7-10-4-6(9)14-7/h4H,2-3,5H2,1H3,(H,10,11). The Morgan fingerprint density at radius 1 is 1.64 bits per heavy atom. The van der Waals surface area contributed by atoms with Crippen LogP contribution in [0.15, 0.2) is 6.20 Å². The minimum absolute atomic E-state index is 0.530. The third-order valence-corrected chi connectivity index (χ3v) is 3.01. The van der Waals surface area contributed by atoms with Crippen LogP contribution in [-0.2, 0) is 9.47 Å². The van der Waals surface area contributed by atoms with Gasteiger partial charge < -0.3 is 14.8 Å². The molecule has 1 saturated heterocycles. The van der Waals surface area contributed by atoms with Crippen LogP contribution in [0.4, 0.5) is 5.13 Å². The minimum Gasteiger partial charge on any atom is -0.356 e. The van der Waals surface area contributed by atoms with Crippen LogP contribution in [0.1, 0.15) is 6.92 Å². The second-order valence-corrected chi connectivity index (χ2v) is 4.82. The number of aromatic nitrogens is 1. The molecule has 1 aromatic rings. The van der Waals surface area contributed by atoms with Crippen molar-refractivity contribution in [1.29, 1.82) is 0 Å². The molecule has 0 saturated carbocycles. The van der Waals surface area contributed by atoms with Crippen molar-refractivity contribution >= 4 is 28.1 Å². The molecule has 1 aliphatic rings. The van der Waals surface area contributed by atoms with Crippen LogP contribution in [0.5, 0.6) is 0 Å². The van der Waals surface area contributed by atoms with Gasteiger partial charge in [0.15, 0.2) is 10.9 Å². The Kier molecular flexibility index (Phi) is 2.92. The molecule has 4 nitrogen and oxygen atoms in total. The van der Waals surface area contributed by atoms with Crippen molar-refractivity contribution < 1.29 is 9.47 Å². The molecule has 0 amide bonds. The van der Waals surface area contributed by atoms with Gasteiger partial charge in [0.2, 0.25) is 0 Å². The van der Waals surface area contributed by atoms with E-state index in [0.29, 0.717) is 24.1 Å². The summed E-state index contributed by atoms with van der Waals surface area (Å²) >= 11 is 7.15. The minimum atomic E-state index is -0.530. The van der Waals surface area contributed by atoms with Gasteiger partial charge >= 0.3 is 0 Å². The molecule has 0 bridgehead atoms. The number of nitrogens with one attached hydrogen (secondary N) is 1. The Labute approximate surface area is 91.2 Å². The third kappa shape index (κ3) is 2.36. The zero-order chi connectivity index (χ0) is 10.0. The van der Waals surface area contributed by atoms with Crippen molar-refractivity contribution in [2.24, 2.45) is 0 Å². The van der Waals surface area contributed by atoms with Gasteiger partial charge in [-0.25, -0.2) is 4.98 Å². The topological polar surface area (TPSA) is 43.4 Å². The number of thiazole rings is 1. The van der Waals surface area contributed by atoms with Gasteiger partial charge in [-0.1, -0.05) is 22.9 Å². The lowest BCUT2D eigenvalue weighted by Crippen LogP contribution is -2.34. The van der Waals surface area contributed by atoms with Crippen molar-refractivity contribution in [2.75, 3.05) is 25.1 Å². The van der Waals surface area contributed by atoms with Gasteiger partial charge in [-0.2, -0.15) is 0 Å². The molecule has 0 aliphatic carbocycles. The molecule has 0 radical (unpaired) electrons. The van der Waals surface area contributed by atoms with Crippen LogP contribution >= 0.6 is 22.9 Å². The quantitative estimate of drug-likeness (QED) is 0.869. The van der Waals surface area contributed by atoms with Crippen LogP contribution in [-0.4, -0.2) is 30.5 Å². The van der Waals surface area contributed by atoms with Crippen LogP contribution in [0.3, 0.4) is 0 Å². The predicted molar refractivity (Wildman–Crippen MR) is 55.9 cm³/mol. The molecule has 6 heteroatoms. The average Bonchev–Trinajstić information content (AvgIpc) is 2.73. The molecule has 0 unspecified atom stereocenters. The van der Waals surface area contributed by atoms with E-state index in [9.17, 15) is 0 Å². The van der Waals surface area contributed by atoms with Gasteiger partial charge in [0.1, 0.15) is 4.34 Å². The fraction of sp³-hybridized carbons (Fsp3) is 0.625. The van der Waals surface area contributed by atoms with E-state index in [4.69, 9.17) is 21.1 Å². The number of hydrogen-bond acceptors (Lipinski definition) is 5. The molecule has 14 heavy (non-hydrogen) atoms. The number of anilines is 1. The van der Waals surface area contributed by atoms with Gasteiger partial charge in [-0.3, -0.25) is 0 Å². The highest BCUT2D eigenvalue weighted by Crippen LogP contribution is 2.24. The van der Waals surface area contributed by atoms with Gasteiger partial charge in [0.25, 0.3) is 0 Å². The number of ether oxygens (including phenoxy) is 2. The summed E-state index contributed by atoms with van der Waals surface area (Å²) in [5.74, 6) is -0.530. The van der Waals surface area contributed by atoms with Gasteiger partial charge in [-0.05, 0) is 6.92 Å². The van der Waals surface area contributed by atoms with Crippen LogP contribution in [0.25, 0.3) is 0 Å². The average molecular weight is 235 g/mol. The number of rotatable bonds is 3. The van der Waals surface area contributed by atoms with E-state index in [1.165, 1.54) is 11.3 Å². The molecular formula is C8H11ClN2O2S.